The lowest BCUT2D eigenvalue weighted by Gasteiger charge is -2.12. The van der Waals surface area contributed by atoms with Crippen LogP contribution in [0.2, 0.25) is 0 Å². The van der Waals surface area contributed by atoms with Crippen molar-refractivity contribution in [3.05, 3.63) is 37.7 Å². The molecule has 0 aliphatic carbocycles. The minimum absolute atomic E-state index is 0.478. The van der Waals surface area contributed by atoms with Crippen molar-refractivity contribution in [2.45, 2.75) is 13.5 Å². The summed E-state index contributed by atoms with van der Waals surface area (Å²) in [4.78, 5) is 0. The van der Waals surface area contributed by atoms with Crippen LogP contribution in [0.5, 0.6) is 5.75 Å². The Labute approximate surface area is 124 Å². The molecule has 0 aliphatic rings. The van der Waals surface area contributed by atoms with Gasteiger partial charge in [0.2, 0.25) is 0 Å². The van der Waals surface area contributed by atoms with E-state index in [9.17, 15) is 0 Å². The van der Waals surface area contributed by atoms with Gasteiger partial charge in [-0.2, -0.15) is 0 Å². The van der Waals surface area contributed by atoms with Crippen molar-refractivity contribution in [1.29, 1.82) is 0 Å². The van der Waals surface area contributed by atoms with Crippen LogP contribution < -0.4 is 10.1 Å². The number of ether oxygens (including phenoxy) is 1. The van der Waals surface area contributed by atoms with Crippen LogP contribution in [0, 0.1) is 0 Å². The lowest BCUT2D eigenvalue weighted by molar-refractivity contribution is 0.348. The molecule has 0 saturated carbocycles. The first kappa shape index (κ1) is 15.0. The minimum atomic E-state index is 0.478. The van der Waals surface area contributed by atoms with Gasteiger partial charge in [0.05, 0.1) is 8.95 Å². The molecule has 94 valence electrons. The van der Waals surface area contributed by atoms with Gasteiger partial charge in [-0.25, -0.2) is 0 Å². The largest absolute Gasteiger partial charge is 0.487 e. The standard InChI is InChI=1S/C12H14Br2ClNO/c1-8(5-15)7-17-12-10(13)3-9(6-16-2)4-11(12)14/h3-5,16H,6-7H2,1-2H3/b8-5+. The maximum absolute atomic E-state index is 5.69. The molecule has 5 heteroatoms. The van der Waals surface area contributed by atoms with Crippen molar-refractivity contribution in [2.75, 3.05) is 13.7 Å². The topological polar surface area (TPSA) is 21.3 Å². The predicted molar refractivity (Wildman–Crippen MR) is 79.7 cm³/mol. The summed E-state index contributed by atoms with van der Waals surface area (Å²) in [7, 11) is 1.92. The van der Waals surface area contributed by atoms with E-state index in [2.05, 4.69) is 37.2 Å². The Bertz CT molecular complexity index is 398. The van der Waals surface area contributed by atoms with Crippen molar-refractivity contribution in [3.63, 3.8) is 0 Å². The monoisotopic (exact) mass is 381 g/mol. The smallest absolute Gasteiger partial charge is 0.148 e. The second-order valence-electron chi connectivity index (χ2n) is 3.66. The van der Waals surface area contributed by atoms with E-state index in [-0.39, 0.29) is 0 Å². The maximum atomic E-state index is 5.69. The number of hydrogen-bond donors (Lipinski definition) is 1. The van der Waals surface area contributed by atoms with Crippen LogP contribution in [-0.4, -0.2) is 13.7 Å². The average molecular weight is 384 g/mol. The van der Waals surface area contributed by atoms with Gasteiger partial charge in [0.15, 0.2) is 0 Å². The van der Waals surface area contributed by atoms with Crippen molar-refractivity contribution >= 4 is 43.5 Å². The second kappa shape index (κ2) is 7.41. The Balaban J connectivity index is 2.86. The summed E-state index contributed by atoms with van der Waals surface area (Å²) < 4.78 is 7.55. The second-order valence-corrected chi connectivity index (χ2v) is 5.59. The molecule has 0 fully saturated rings. The van der Waals surface area contributed by atoms with E-state index in [0.29, 0.717) is 6.61 Å². The fourth-order valence-corrected chi connectivity index (χ4v) is 2.85. The zero-order valence-corrected chi connectivity index (χ0v) is 13.6. The fraction of sp³-hybridized carbons (Fsp3) is 0.333. The van der Waals surface area contributed by atoms with Crippen LogP contribution in [0.1, 0.15) is 12.5 Å². The summed E-state index contributed by atoms with van der Waals surface area (Å²) in [5, 5.41) is 3.11. The van der Waals surface area contributed by atoms with Gasteiger partial charge in [-0.3, -0.25) is 0 Å². The Morgan fingerprint density at radius 3 is 2.47 bits per heavy atom. The molecule has 0 saturated heterocycles. The summed E-state index contributed by atoms with van der Waals surface area (Å²) in [6, 6.07) is 4.08. The van der Waals surface area contributed by atoms with Crippen molar-refractivity contribution < 1.29 is 4.74 Å². The lowest BCUT2D eigenvalue weighted by atomic mass is 10.2. The molecule has 0 unspecified atom stereocenters. The first-order valence-electron chi connectivity index (χ1n) is 5.09. The molecule has 0 radical (unpaired) electrons. The SMILES string of the molecule is CNCc1cc(Br)c(OC/C(C)=C/Cl)c(Br)c1. The molecule has 0 aliphatic heterocycles. The van der Waals surface area contributed by atoms with Gasteiger partial charge in [0.1, 0.15) is 12.4 Å². The third kappa shape index (κ3) is 4.62. The molecule has 0 aromatic heterocycles. The zero-order valence-electron chi connectivity index (χ0n) is 9.69. The molecule has 1 aromatic carbocycles. The predicted octanol–water partition coefficient (Wildman–Crippen LogP) is 4.45. The van der Waals surface area contributed by atoms with E-state index in [1.807, 2.05) is 26.1 Å². The van der Waals surface area contributed by atoms with Gasteiger partial charge in [0, 0.05) is 12.1 Å². The van der Waals surface area contributed by atoms with E-state index >= 15 is 0 Å². The van der Waals surface area contributed by atoms with Crippen LogP contribution in [0.15, 0.2) is 32.2 Å². The van der Waals surface area contributed by atoms with Crippen molar-refractivity contribution in [2.24, 2.45) is 0 Å². The summed E-state index contributed by atoms with van der Waals surface area (Å²) in [5.41, 5.74) is 3.69. The molecule has 0 atom stereocenters. The highest BCUT2D eigenvalue weighted by molar-refractivity contribution is 9.11. The molecule has 1 N–H and O–H groups in total. The molecule has 0 spiro atoms. The zero-order chi connectivity index (χ0) is 12.8. The van der Waals surface area contributed by atoms with Gasteiger partial charge < -0.3 is 10.1 Å². The lowest BCUT2D eigenvalue weighted by Crippen LogP contribution is -2.06. The Hall–Kier alpha value is -0.0300. The highest BCUT2D eigenvalue weighted by Crippen LogP contribution is 2.35. The Kier molecular flexibility index (Phi) is 6.55. The quantitative estimate of drug-likeness (QED) is 0.811. The summed E-state index contributed by atoms with van der Waals surface area (Å²) >= 11 is 12.6. The fourth-order valence-electron chi connectivity index (χ4n) is 1.27. The highest BCUT2D eigenvalue weighted by Gasteiger charge is 2.09. The number of benzene rings is 1. The molecule has 1 aromatic rings. The number of nitrogens with one attached hydrogen (secondary N) is 1. The van der Waals surface area contributed by atoms with Gasteiger partial charge in [0.25, 0.3) is 0 Å². The summed E-state index contributed by atoms with van der Waals surface area (Å²) in [5.74, 6) is 0.794. The molecule has 17 heavy (non-hydrogen) atoms. The molecular weight excluding hydrogens is 369 g/mol. The van der Waals surface area contributed by atoms with Crippen LogP contribution in [0.25, 0.3) is 0 Å². The third-order valence-electron chi connectivity index (χ3n) is 2.07. The van der Waals surface area contributed by atoms with Gasteiger partial charge >= 0.3 is 0 Å². The Morgan fingerprint density at radius 2 is 2.00 bits per heavy atom. The first-order valence-corrected chi connectivity index (χ1v) is 7.12. The van der Waals surface area contributed by atoms with Crippen molar-refractivity contribution in [1.82, 2.24) is 5.32 Å². The van der Waals surface area contributed by atoms with Crippen LogP contribution in [0.4, 0.5) is 0 Å². The number of halogens is 3. The van der Waals surface area contributed by atoms with Gasteiger partial charge in [-0.05, 0) is 69.1 Å². The first-order chi connectivity index (χ1) is 8.08. The molecule has 1 rings (SSSR count). The molecular formula is C12H14Br2ClNO. The van der Waals surface area contributed by atoms with E-state index < -0.39 is 0 Å². The van der Waals surface area contributed by atoms with E-state index in [4.69, 9.17) is 16.3 Å². The normalized spacial score (nSPS) is 11.7. The molecule has 0 heterocycles. The summed E-state index contributed by atoms with van der Waals surface area (Å²) in [6.45, 7) is 3.22. The number of hydrogen-bond acceptors (Lipinski definition) is 2. The van der Waals surface area contributed by atoms with E-state index in [1.165, 1.54) is 11.1 Å². The highest BCUT2D eigenvalue weighted by atomic mass is 79.9. The minimum Gasteiger partial charge on any atom is -0.487 e. The third-order valence-corrected chi connectivity index (χ3v) is 3.62. The maximum Gasteiger partial charge on any atom is 0.148 e. The van der Waals surface area contributed by atoms with Crippen molar-refractivity contribution in [3.8, 4) is 5.75 Å². The Morgan fingerprint density at radius 1 is 1.41 bits per heavy atom. The van der Waals surface area contributed by atoms with Gasteiger partial charge in [-0.1, -0.05) is 11.6 Å². The van der Waals surface area contributed by atoms with E-state index in [0.717, 1.165) is 26.8 Å². The molecule has 0 amide bonds. The number of rotatable bonds is 5. The average Bonchev–Trinajstić information content (AvgIpc) is 2.28. The van der Waals surface area contributed by atoms with Crippen LogP contribution in [0.3, 0.4) is 0 Å². The van der Waals surface area contributed by atoms with Gasteiger partial charge in [-0.15, -0.1) is 0 Å². The van der Waals surface area contributed by atoms with Crippen LogP contribution in [-0.2, 0) is 6.54 Å². The molecule has 2 nitrogen and oxygen atoms in total. The summed E-state index contributed by atoms with van der Waals surface area (Å²) in [6.07, 6.45) is 0. The van der Waals surface area contributed by atoms with E-state index in [1.54, 1.807) is 0 Å². The molecule has 0 bridgehead atoms. The van der Waals surface area contributed by atoms with Crippen LogP contribution >= 0.6 is 43.5 Å².